The van der Waals surface area contributed by atoms with Crippen molar-refractivity contribution in [1.29, 1.82) is 0 Å². The predicted octanol–water partition coefficient (Wildman–Crippen LogP) is 1.10. The highest BCUT2D eigenvalue weighted by molar-refractivity contribution is 7.09. The van der Waals surface area contributed by atoms with Crippen molar-refractivity contribution in [2.75, 3.05) is 13.6 Å². The van der Waals surface area contributed by atoms with Crippen molar-refractivity contribution >= 4 is 17.2 Å². The van der Waals surface area contributed by atoms with Gasteiger partial charge in [0.15, 0.2) is 0 Å². The first-order valence-corrected chi connectivity index (χ1v) is 6.99. The van der Waals surface area contributed by atoms with Gasteiger partial charge in [-0.1, -0.05) is 0 Å². The molecule has 92 valence electrons. The van der Waals surface area contributed by atoms with E-state index in [1.165, 1.54) is 11.3 Å². The molecular weight excluding hydrogens is 234 g/mol. The number of aromatic nitrogens is 1. The van der Waals surface area contributed by atoms with Crippen molar-refractivity contribution in [1.82, 2.24) is 15.2 Å². The summed E-state index contributed by atoms with van der Waals surface area (Å²) < 4.78 is 0. The summed E-state index contributed by atoms with van der Waals surface area (Å²) in [5.74, 6) is 1.76. The molecule has 5 heteroatoms. The Morgan fingerprint density at radius 1 is 1.53 bits per heavy atom. The summed E-state index contributed by atoms with van der Waals surface area (Å²) in [4.78, 5) is 19.6. The Labute approximate surface area is 105 Å². The van der Waals surface area contributed by atoms with Crippen molar-refractivity contribution in [3.05, 3.63) is 16.6 Å². The van der Waals surface area contributed by atoms with E-state index in [1.54, 1.807) is 11.3 Å². The Kier molecular flexibility index (Phi) is 2.88. The molecule has 3 atom stereocenters. The van der Waals surface area contributed by atoms with Crippen LogP contribution < -0.4 is 5.32 Å². The molecule has 1 N–H and O–H groups in total. The highest BCUT2D eigenvalue weighted by atomic mass is 32.1. The highest BCUT2D eigenvalue weighted by Crippen LogP contribution is 2.44. The first kappa shape index (κ1) is 11.2. The van der Waals surface area contributed by atoms with Gasteiger partial charge in [-0.25, -0.2) is 0 Å². The smallest absolute Gasteiger partial charge is 0.240 e. The molecule has 0 bridgehead atoms. The van der Waals surface area contributed by atoms with Crippen molar-refractivity contribution in [2.24, 2.45) is 11.8 Å². The molecular formula is C12H17N3OS. The number of hydrogen-bond donors (Lipinski definition) is 1. The number of carbonyl (C=O) groups is 1. The Morgan fingerprint density at radius 2 is 2.41 bits per heavy atom. The summed E-state index contributed by atoms with van der Waals surface area (Å²) in [5.41, 5.74) is 1.83. The third-order valence-electron chi connectivity index (χ3n) is 3.85. The topological polar surface area (TPSA) is 45.2 Å². The number of likely N-dealkylation sites (N-methyl/N-ethyl adjacent to an activating group) is 1. The summed E-state index contributed by atoms with van der Waals surface area (Å²) in [6.45, 7) is 1.66. The van der Waals surface area contributed by atoms with E-state index in [2.05, 4.69) is 10.3 Å². The van der Waals surface area contributed by atoms with Gasteiger partial charge in [0.1, 0.15) is 0 Å². The summed E-state index contributed by atoms with van der Waals surface area (Å²) in [5, 5.41) is 3.16. The van der Waals surface area contributed by atoms with Crippen LogP contribution in [-0.2, 0) is 11.3 Å². The van der Waals surface area contributed by atoms with Gasteiger partial charge in [0.05, 0.1) is 18.1 Å². The Hall–Kier alpha value is -0.940. The molecule has 17 heavy (non-hydrogen) atoms. The first-order chi connectivity index (χ1) is 8.28. The van der Waals surface area contributed by atoms with E-state index >= 15 is 0 Å². The van der Waals surface area contributed by atoms with E-state index in [-0.39, 0.29) is 11.9 Å². The molecule has 1 aliphatic carbocycles. The molecule has 1 saturated heterocycles. The van der Waals surface area contributed by atoms with E-state index in [0.29, 0.717) is 0 Å². The largest absolute Gasteiger partial charge is 0.336 e. The minimum absolute atomic E-state index is 0.0143. The zero-order valence-electron chi connectivity index (χ0n) is 9.93. The third-order valence-corrected chi connectivity index (χ3v) is 4.62. The number of amides is 1. The molecule has 2 heterocycles. The van der Waals surface area contributed by atoms with Crippen LogP contribution in [0.2, 0.25) is 0 Å². The van der Waals surface area contributed by atoms with Crippen molar-refractivity contribution < 1.29 is 4.79 Å². The third kappa shape index (κ3) is 2.21. The fourth-order valence-corrected chi connectivity index (χ4v) is 3.32. The predicted molar refractivity (Wildman–Crippen MR) is 66.6 cm³/mol. The Morgan fingerprint density at radius 3 is 3.12 bits per heavy atom. The van der Waals surface area contributed by atoms with Crippen LogP contribution >= 0.6 is 11.3 Å². The number of hydrogen-bond acceptors (Lipinski definition) is 4. The van der Waals surface area contributed by atoms with Crippen molar-refractivity contribution in [3.63, 3.8) is 0 Å². The zero-order chi connectivity index (χ0) is 11.8. The van der Waals surface area contributed by atoms with Gasteiger partial charge >= 0.3 is 0 Å². The molecule has 2 fully saturated rings. The fourth-order valence-electron chi connectivity index (χ4n) is 2.71. The van der Waals surface area contributed by atoms with Crippen LogP contribution in [0.1, 0.15) is 17.7 Å². The molecule has 0 radical (unpaired) electrons. The first-order valence-electron chi connectivity index (χ1n) is 6.11. The Bertz CT molecular complexity index is 406. The van der Waals surface area contributed by atoms with Gasteiger partial charge in [-0.15, -0.1) is 11.3 Å². The van der Waals surface area contributed by atoms with Crippen LogP contribution in [0.3, 0.4) is 0 Å². The number of carbonyl (C=O) groups excluding carboxylic acids is 1. The van der Waals surface area contributed by atoms with E-state index in [4.69, 9.17) is 0 Å². The summed E-state index contributed by atoms with van der Waals surface area (Å²) in [6.07, 6.45) is 4.17. The minimum atomic E-state index is 0.0143. The van der Waals surface area contributed by atoms with Crippen LogP contribution in [0.5, 0.6) is 0 Å². The van der Waals surface area contributed by atoms with Crippen molar-refractivity contribution in [3.8, 4) is 0 Å². The highest BCUT2D eigenvalue weighted by Gasteiger charge is 2.45. The van der Waals surface area contributed by atoms with Gasteiger partial charge < -0.3 is 10.2 Å². The molecule has 1 aromatic rings. The standard InChI is InChI=1S/C12H17N3OS/c1-13-11-3-8-2-9(8)5-15(12(11)16)6-10-4-14-7-17-10/h4,7-9,11,13H,2-3,5-6H2,1H3. The maximum absolute atomic E-state index is 12.3. The lowest BCUT2D eigenvalue weighted by atomic mass is 10.1. The second-order valence-corrected chi connectivity index (χ2v) is 5.99. The van der Waals surface area contributed by atoms with Gasteiger partial charge in [0, 0.05) is 17.6 Å². The summed E-state index contributed by atoms with van der Waals surface area (Å²) in [7, 11) is 1.89. The lowest BCUT2D eigenvalue weighted by Gasteiger charge is -2.24. The lowest BCUT2D eigenvalue weighted by molar-refractivity contribution is -0.133. The molecule has 4 nitrogen and oxygen atoms in total. The zero-order valence-corrected chi connectivity index (χ0v) is 10.7. The normalized spacial score (nSPS) is 32.2. The molecule has 1 amide bonds. The molecule has 0 spiro atoms. The molecule has 1 aliphatic heterocycles. The molecule has 3 unspecified atom stereocenters. The van der Waals surface area contributed by atoms with E-state index < -0.39 is 0 Å². The molecule has 2 aliphatic rings. The van der Waals surface area contributed by atoms with Gasteiger partial charge in [0.25, 0.3) is 0 Å². The number of likely N-dealkylation sites (tertiary alicyclic amines) is 1. The Balaban J connectivity index is 1.74. The summed E-state index contributed by atoms with van der Waals surface area (Å²) >= 11 is 1.62. The average Bonchev–Trinajstić information content (AvgIpc) is 2.86. The maximum Gasteiger partial charge on any atom is 0.240 e. The van der Waals surface area contributed by atoms with Gasteiger partial charge in [-0.3, -0.25) is 9.78 Å². The molecule has 1 aromatic heterocycles. The van der Waals surface area contributed by atoms with E-state index in [0.717, 1.165) is 31.3 Å². The molecule has 3 rings (SSSR count). The van der Waals surface area contributed by atoms with Gasteiger partial charge in [-0.2, -0.15) is 0 Å². The molecule has 0 aromatic carbocycles. The van der Waals surface area contributed by atoms with Crippen molar-refractivity contribution in [2.45, 2.75) is 25.4 Å². The molecule has 1 saturated carbocycles. The monoisotopic (exact) mass is 251 g/mol. The second-order valence-electron chi connectivity index (χ2n) is 5.02. The SMILES string of the molecule is CNC1CC2CC2CN(Cc2cncs2)C1=O. The van der Waals surface area contributed by atoms with Gasteiger partial charge in [-0.05, 0) is 31.7 Å². The minimum Gasteiger partial charge on any atom is -0.336 e. The summed E-state index contributed by atoms with van der Waals surface area (Å²) in [6, 6.07) is 0.0143. The van der Waals surface area contributed by atoms with Crippen LogP contribution in [0.15, 0.2) is 11.7 Å². The fraction of sp³-hybridized carbons (Fsp3) is 0.667. The maximum atomic E-state index is 12.3. The van der Waals surface area contributed by atoms with Crippen LogP contribution in [0.4, 0.5) is 0 Å². The average molecular weight is 251 g/mol. The number of rotatable bonds is 3. The number of thiazole rings is 1. The number of nitrogens with zero attached hydrogens (tertiary/aromatic N) is 2. The number of fused-ring (bicyclic) bond motifs is 1. The quantitative estimate of drug-likeness (QED) is 0.875. The van der Waals surface area contributed by atoms with Crippen LogP contribution in [-0.4, -0.2) is 35.4 Å². The van der Waals surface area contributed by atoms with Gasteiger partial charge in [0.2, 0.25) is 5.91 Å². The lowest BCUT2D eigenvalue weighted by Crippen LogP contribution is -2.44. The van der Waals surface area contributed by atoms with Crippen LogP contribution in [0.25, 0.3) is 0 Å². The van der Waals surface area contributed by atoms with E-state index in [1.807, 2.05) is 23.7 Å². The van der Waals surface area contributed by atoms with E-state index in [9.17, 15) is 4.79 Å². The second kappa shape index (κ2) is 4.38. The van der Waals surface area contributed by atoms with Crippen LogP contribution in [0, 0.1) is 11.8 Å². The number of nitrogens with one attached hydrogen (secondary N) is 1.